The minimum absolute atomic E-state index is 0.154. The van der Waals surface area contributed by atoms with Crippen molar-refractivity contribution in [1.29, 1.82) is 0 Å². The molecular formula is C41H68O4. The molecule has 45 heavy (non-hydrogen) atoms. The Bertz CT molecular complexity index is 802. The van der Waals surface area contributed by atoms with Crippen LogP contribution in [0.3, 0.4) is 0 Å². The lowest BCUT2D eigenvalue weighted by molar-refractivity contribution is -0.152. The average molecular weight is 625 g/mol. The van der Waals surface area contributed by atoms with Crippen molar-refractivity contribution in [1.82, 2.24) is 0 Å². The maximum Gasteiger partial charge on any atom is 0.305 e. The van der Waals surface area contributed by atoms with Gasteiger partial charge < -0.3 is 9.47 Å². The molecule has 0 rings (SSSR count). The third-order valence-electron chi connectivity index (χ3n) is 7.31. The quantitative estimate of drug-likeness (QED) is 0.0453. The maximum atomic E-state index is 12.2. The molecule has 0 aromatic carbocycles. The molecule has 0 aliphatic carbocycles. The highest BCUT2D eigenvalue weighted by Gasteiger charge is 2.22. The van der Waals surface area contributed by atoms with Gasteiger partial charge in [0.1, 0.15) is 0 Å². The van der Waals surface area contributed by atoms with Crippen LogP contribution in [0.5, 0.6) is 0 Å². The predicted octanol–water partition coefficient (Wildman–Crippen LogP) is 12.3. The molecule has 0 aromatic rings. The highest BCUT2D eigenvalue weighted by atomic mass is 16.5. The van der Waals surface area contributed by atoms with E-state index in [0.29, 0.717) is 12.8 Å². The standard InChI is InChI=1S/C41H68O4/c1-5-7-9-11-13-15-17-19-21-23-25-27-29-31-33-35-39(42)44-37-41(3,4)38-45-40(43)36-34-32-30-28-26-24-22-20-18-16-14-12-10-8-6-2/h7-10,13-16,19-22H,5-6,11-12,17-18,23-38H2,1-4H3/b9-7-,10-8-,15-13-,16-14-,21-19-,22-20-. The number of esters is 2. The van der Waals surface area contributed by atoms with Crippen molar-refractivity contribution in [2.24, 2.45) is 5.41 Å². The number of hydrogen-bond donors (Lipinski definition) is 0. The lowest BCUT2D eigenvalue weighted by Gasteiger charge is -2.23. The topological polar surface area (TPSA) is 52.6 Å². The number of ether oxygens (including phenoxy) is 2. The van der Waals surface area contributed by atoms with Gasteiger partial charge in [0, 0.05) is 18.3 Å². The Labute approximate surface area is 278 Å². The fourth-order valence-electron chi connectivity index (χ4n) is 4.51. The Hall–Kier alpha value is -2.62. The summed E-state index contributed by atoms with van der Waals surface area (Å²) in [6.07, 6.45) is 47.1. The van der Waals surface area contributed by atoms with Crippen LogP contribution in [0.2, 0.25) is 0 Å². The zero-order valence-corrected chi connectivity index (χ0v) is 29.6. The van der Waals surface area contributed by atoms with Crippen molar-refractivity contribution in [2.75, 3.05) is 13.2 Å². The van der Waals surface area contributed by atoms with Gasteiger partial charge in [-0.3, -0.25) is 9.59 Å². The van der Waals surface area contributed by atoms with Crippen LogP contribution in [0.15, 0.2) is 72.9 Å². The van der Waals surface area contributed by atoms with Crippen LogP contribution in [0.4, 0.5) is 0 Å². The van der Waals surface area contributed by atoms with Gasteiger partial charge in [0.15, 0.2) is 0 Å². The summed E-state index contributed by atoms with van der Waals surface area (Å²) < 4.78 is 11.0. The van der Waals surface area contributed by atoms with E-state index in [1.807, 2.05) is 13.8 Å². The normalized spacial score (nSPS) is 12.7. The molecule has 4 heteroatoms. The molecule has 0 aliphatic rings. The number of carbonyl (C=O) groups is 2. The monoisotopic (exact) mass is 625 g/mol. The fourth-order valence-corrected chi connectivity index (χ4v) is 4.51. The van der Waals surface area contributed by atoms with Gasteiger partial charge in [0.25, 0.3) is 0 Å². The summed E-state index contributed by atoms with van der Waals surface area (Å²) in [6, 6.07) is 0. The van der Waals surface area contributed by atoms with Crippen molar-refractivity contribution < 1.29 is 19.1 Å². The van der Waals surface area contributed by atoms with Crippen LogP contribution >= 0.6 is 0 Å². The SMILES string of the molecule is CC/C=C\C/C=C\C/C=C\CCCCCCCC(=O)OCC(C)(C)COC(=O)CCCCCCC/C=C\C/C=C\C/C=C\CC. The van der Waals surface area contributed by atoms with Crippen LogP contribution in [0, 0.1) is 5.41 Å². The zero-order chi connectivity index (χ0) is 33.1. The van der Waals surface area contributed by atoms with Crippen LogP contribution in [-0.4, -0.2) is 25.2 Å². The summed E-state index contributed by atoms with van der Waals surface area (Å²) in [5.74, 6) is -0.309. The van der Waals surface area contributed by atoms with E-state index in [9.17, 15) is 9.59 Å². The third-order valence-corrected chi connectivity index (χ3v) is 7.31. The van der Waals surface area contributed by atoms with Gasteiger partial charge in [-0.2, -0.15) is 0 Å². The predicted molar refractivity (Wildman–Crippen MR) is 194 cm³/mol. The molecule has 0 N–H and O–H groups in total. The Morgan fingerprint density at radius 1 is 0.444 bits per heavy atom. The Morgan fingerprint density at radius 3 is 1.13 bits per heavy atom. The molecule has 0 spiro atoms. The molecular weight excluding hydrogens is 556 g/mol. The van der Waals surface area contributed by atoms with Gasteiger partial charge in [0.05, 0.1) is 13.2 Å². The lowest BCUT2D eigenvalue weighted by atomic mass is 9.96. The van der Waals surface area contributed by atoms with Crippen molar-refractivity contribution in [2.45, 2.75) is 156 Å². The molecule has 0 atom stereocenters. The molecule has 0 fully saturated rings. The summed E-state index contributed by atoms with van der Waals surface area (Å²) in [4.78, 5) is 24.3. The van der Waals surface area contributed by atoms with E-state index in [0.717, 1.165) is 89.9 Å². The Morgan fingerprint density at radius 2 is 0.756 bits per heavy atom. The molecule has 256 valence electrons. The number of unbranched alkanes of at least 4 members (excludes halogenated alkanes) is 10. The number of carbonyl (C=O) groups excluding carboxylic acids is 2. The minimum atomic E-state index is -0.379. The Kier molecular flexibility index (Phi) is 30.9. The van der Waals surface area contributed by atoms with Crippen LogP contribution in [-0.2, 0) is 19.1 Å². The van der Waals surface area contributed by atoms with E-state index in [4.69, 9.17) is 9.47 Å². The lowest BCUT2D eigenvalue weighted by Crippen LogP contribution is -2.28. The molecule has 0 unspecified atom stereocenters. The minimum Gasteiger partial charge on any atom is -0.465 e. The Balaban J connectivity index is 3.66. The average Bonchev–Trinajstić information content (AvgIpc) is 3.03. The first kappa shape index (κ1) is 42.4. The third kappa shape index (κ3) is 34.1. The summed E-state index contributed by atoms with van der Waals surface area (Å²) >= 11 is 0. The highest BCUT2D eigenvalue weighted by molar-refractivity contribution is 5.69. The van der Waals surface area contributed by atoms with Crippen molar-refractivity contribution >= 4 is 11.9 Å². The molecule has 0 aliphatic heterocycles. The zero-order valence-electron chi connectivity index (χ0n) is 29.6. The number of hydrogen-bond acceptors (Lipinski definition) is 4. The molecule has 0 heterocycles. The van der Waals surface area contributed by atoms with E-state index >= 15 is 0 Å². The number of rotatable bonds is 30. The van der Waals surface area contributed by atoms with Gasteiger partial charge in [-0.1, -0.05) is 139 Å². The van der Waals surface area contributed by atoms with E-state index in [2.05, 4.69) is 86.8 Å². The van der Waals surface area contributed by atoms with Crippen LogP contribution in [0.25, 0.3) is 0 Å². The van der Waals surface area contributed by atoms with Crippen molar-refractivity contribution in [3.63, 3.8) is 0 Å². The van der Waals surface area contributed by atoms with Gasteiger partial charge >= 0.3 is 11.9 Å². The van der Waals surface area contributed by atoms with Crippen molar-refractivity contribution in [3.8, 4) is 0 Å². The number of allylic oxidation sites excluding steroid dienone is 12. The van der Waals surface area contributed by atoms with Crippen LogP contribution in [0.1, 0.15) is 156 Å². The van der Waals surface area contributed by atoms with Crippen LogP contribution < -0.4 is 0 Å². The van der Waals surface area contributed by atoms with E-state index < -0.39 is 0 Å². The second kappa shape index (κ2) is 32.8. The summed E-state index contributed by atoms with van der Waals surface area (Å²) in [5, 5.41) is 0. The molecule has 0 saturated heterocycles. The molecule has 0 amide bonds. The first-order valence-corrected chi connectivity index (χ1v) is 18.1. The van der Waals surface area contributed by atoms with Crippen molar-refractivity contribution in [3.05, 3.63) is 72.9 Å². The second-order valence-corrected chi connectivity index (χ2v) is 12.7. The first-order valence-electron chi connectivity index (χ1n) is 18.1. The van der Waals surface area contributed by atoms with E-state index in [1.165, 1.54) is 25.7 Å². The van der Waals surface area contributed by atoms with Gasteiger partial charge in [-0.05, 0) is 77.0 Å². The molecule has 0 aromatic heterocycles. The summed E-state index contributed by atoms with van der Waals surface area (Å²) in [5.41, 5.74) is -0.379. The summed E-state index contributed by atoms with van der Waals surface area (Å²) in [7, 11) is 0. The van der Waals surface area contributed by atoms with Gasteiger partial charge in [-0.15, -0.1) is 0 Å². The molecule has 4 nitrogen and oxygen atoms in total. The summed E-state index contributed by atoms with van der Waals surface area (Å²) in [6.45, 7) is 8.80. The second-order valence-electron chi connectivity index (χ2n) is 12.7. The van der Waals surface area contributed by atoms with Gasteiger partial charge in [0.2, 0.25) is 0 Å². The first-order chi connectivity index (χ1) is 21.9. The van der Waals surface area contributed by atoms with E-state index in [-0.39, 0.29) is 30.6 Å². The maximum absolute atomic E-state index is 12.2. The highest BCUT2D eigenvalue weighted by Crippen LogP contribution is 2.18. The fraction of sp³-hybridized carbons (Fsp3) is 0.659. The molecule has 0 radical (unpaired) electrons. The molecule has 0 bridgehead atoms. The molecule has 0 saturated carbocycles. The van der Waals surface area contributed by atoms with Gasteiger partial charge in [-0.25, -0.2) is 0 Å². The smallest absolute Gasteiger partial charge is 0.305 e. The largest absolute Gasteiger partial charge is 0.465 e. The van der Waals surface area contributed by atoms with E-state index in [1.54, 1.807) is 0 Å².